The molecule has 0 fully saturated rings. The van der Waals surface area contributed by atoms with Gasteiger partial charge >= 0.3 is 5.97 Å². The molecule has 2 rings (SSSR count). The monoisotopic (exact) mass is 222 g/mol. The summed E-state index contributed by atoms with van der Waals surface area (Å²) < 4.78 is 0. The Morgan fingerprint density at radius 2 is 1.88 bits per heavy atom. The predicted octanol–water partition coefficient (Wildman–Crippen LogP) is 2.28. The molecule has 0 saturated carbocycles. The summed E-state index contributed by atoms with van der Waals surface area (Å²) in [6.07, 6.45) is 0. The van der Waals surface area contributed by atoms with Crippen LogP contribution in [0.4, 0.5) is 0 Å². The van der Waals surface area contributed by atoms with E-state index >= 15 is 0 Å². The molecule has 0 unspecified atom stereocenters. The van der Waals surface area contributed by atoms with E-state index in [0.29, 0.717) is 10.8 Å². The van der Waals surface area contributed by atoms with Crippen LogP contribution in [0.3, 0.4) is 0 Å². The van der Waals surface area contributed by atoms with E-state index in [9.17, 15) is 4.79 Å². The van der Waals surface area contributed by atoms with Gasteiger partial charge in [-0.1, -0.05) is 24.3 Å². The van der Waals surface area contributed by atoms with Gasteiger partial charge in [-0.15, -0.1) is 0 Å². The van der Waals surface area contributed by atoms with Crippen LogP contribution in [-0.4, -0.2) is 11.1 Å². The second kappa shape index (κ2) is 3.96. The van der Waals surface area contributed by atoms with Crippen molar-refractivity contribution in [2.75, 3.05) is 0 Å². The molecule has 4 nitrogen and oxygen atoms in total. The first-order chi connectivity index (χ1) is 8.19. The average molecular weight is 222 g/mol. The molecule has 0 aromatic heterocycles. The summed E-state index contributed by atoms with van der Waals surface area (Å²) in [5, 5.41) is 28.2. The number of nitrogens with zero attached hydrogens (tertiary/aromatic N) is 2. The summed E-state index contributed by atoms with van der Waals surface area (Å²) in [5.41, 5.74) is -0.107. The molecule has 0 aliphatic carbocycles. The van der Waals surface area contributed by atoms with E-state index in [4.69, 9.17) is 15.6 Å². The number of carboxylic acid groups (broad SMARTS) is 1. The fourth-order valence-electron chi connectivity index (χ4n) is 1.77. The van der Waals surface area contributed by atoms with E-state index < -0.39 is 5.97 Å². The maximum atomic E-state index is 11.2. The molecule has 0 aliphatic heterocycles. The van der Waals surface area contributed by atoms with Crippen molar-refractivity contribution in [2.45, 2.75) is 0 Å². The second-order valence-electron chi connectivity index (χ2n) is 3.42. The van der Waals surface area contributed by atoms with Gasteiger partial charge in [-0.2, -0.15) is 10.5 Å². The molecular weight excluding hydrogens is 216 g/mol. The summed E-state index contributed by atoms with van der Waals surface area (Å²) in [7, 11) is 0. The third-order valence-electron chi connectivity index (χ3n) is 2.50. The van der Waals surface area contributed by atoms with Crippen molar-refractivity contribution in [1.29, 1.82) is 10.5 Å². The zero-order chi connectivity index (χ0) is 12.4. The maximum absolute atomic E-state index is 11.2. The van der Waals surface area contributed by atoms with E-state index in [1.165, 1.54) is 6.07 Å². The molecule has 17 heavy (non-hydrogen) atoms. The van der Waals surface area contributed by atoms with Crippen LogP contribution in [0.1, 0.15) is 21.5 Å². The minimum Gasteiger partial charge on any atom is -0.478 e. The Balaban J connectivity index is 3.04. The van der Waals surface area contributed by atoms with Gasteiger partial charge in [0.15, 0.2) is 0 Å². The Bertz CT molecular complexity index is 706. The molecule has 0 aliphatic rings. The Kier molecular flexibility index (Phi) is 2.48. The highest BCUT2D eigenvalue weighted by Gasteiger charge is 2.18. The number of carboxylic acids is 1. The van der Waals surface area contributed by atoms with Crippen LogP contribution in [0.5, 0.6) is 0 Å². The number of benzene rings is 2. The summed E-state index contributed by atoms with van der Waals surface area (Å²) >= 11 is 0. The number of hydrogen-bond acceptors (Lipinski definition) is 3. The highest BCUT2D eigenvalue weighted by atomic mass is 16.4. The van der Waals surface area contributed by atoms with Crippen LogP contribution >= 0.6 is 0 Å². The van der Waals surface area contributed by atoms with Crippen molar-refractivity contribution >= 4 is 16.7 Å². The van der Waals surface area contributed by atoms with Crippen LogP contribution in [0, 0.1) is 22.7 Å². The molecule has 0 heterocycles. The molecule has 0 bridgehead atoms. The SMILES string of the molecule is N#Cc1cc2ccccc2c(C(=O)O)c1C#N. The molecule has 2 aromatic rings. The number of fused-ring (bicyclic) bond motifs is 1. The lowest BCUT2D eigenvalue weighted by molar-refractivity contribution is 0.0698. The average Bonchev–Trinajstić information content (AvgIpc) is 2.35. The zero-order valence-corrected chi connectivity index (χ0v) is 8.64. The second-order valence-corrected chi connectivity index (χ2v) is 3.42. The highest BCUT2D eigenvalue weighted by molar-refractivity contribution is 6.06. The van der Waals surface area contributed by atoms with Crippen molar-refractivity contribution < 1.29 is 9.90 Å². The normalized spacial score (nSPS) is 9.53. The number of hydrogen-bond donors (Lipinski definition) is 1. The fourth-order valence-corrected chi connectivity index (χ4v) is 1.77. The smallest absolute Gasteiger partial charge is 0.337 e. The molecule has 2 aromatic carbocycles. The van der Waals surface area contributed by atoms with Crippen LogP contribution in [0.2, 0.25) is 0 Å². The van der Waals surface area contributed by atoms with E-state index in [1.54, 1.807) is 30.3 Å². The summed E-state index contributed by atoms with van der Waals surface area (Å²) in [6, 6.07) is 11.9. The molecule has 1 N–H and O–H groups in total. The van der Waals surface area contributed by atoms with Crippen LogP contribution < -0.4 is 0 Å². The first-order valence-electron chi connectivity index (χ1n) is 4.78. The summed E-state index contributed by atoms with van der Waals surface area (Å²) in [6.45, 7) is 0. The molecule has 0 saturated heterocycles. The largest absolute Gasteiger partial charge is 0.478 e. The Hall–Kier alpha value is -2.85. The molecule has 0 radical (unpaired) electrons. The Morgan fingerprint density at radius 1 is 1.18 bits per heavy atom. The molecule has 0 amide bonds. The van der Waals surface area contributed by atoms with E-state index in [-0.39, 0.29) is 16.7 Å². The van der Waals surface area contributed by atoms with E-state index in [2.05, 4.69) is 0 Å². The van der Waals surface area contributed by atoms with Gasteiger partial charge in [-0.05, 0) is 16.8 Å². The minimum atomic E-state index is -1.20. The first kappa shape index (κ1) is 10.7. The van der Waals surface area contributed by atoms with Crippen molar-refractivity contribution in [2.24, 2.45) is 0 Å². The van der Waals surface area contributed by atoms with Gasteiger partial charge in [0.2, 0.25) is 0 Å². The highest BCUT2D eigenvalue weighted by Crippen LogP contribution is 2.25. The van der Waals surface area contributed by atoms with Gasteiger partial charge < -0.3 is 5.11 Å². The van der Waals surface area contributed by atoms with Crippen molar-refractivity contribution in [1.82, 2.24) is 0 Å². The fraction of sp³-hybridized carbons (Fsp3) is 0. The molecular formula is C13H6N2O2. The van der Waals surface area contributed by atoms with E-state index in [0.717, 1.165) is 0 Å². The lowest BCUT2D eigenvalue weighted by Gasteiger charge is -2.06. The number of carbonyl (C=O) groups is 1. The quantitative estimate of drug-likeness (QED) is 0.802. The van der Waals surface area contributed by atoms with Gasteiger partial charge in [0.05, 0.1) is 16.7 Å². The number of aromatic carboxylic acids is 1. The zero-order valence-electron chi connectivity index (χ0n) is 8.64. The number of rotatable bonds is 1. The van der Waals surface area contributed by atoms with Crippen molar-refractivity contribution in [3.8, 4) is 12.1 Å². The Labute approximate surface area is 96.9 Å². The molecule has 0 atom stereocenters. The lowest BCUT2D eigenvalue weighted by atomic mass is 9.95. The maximum Gasteiger partial charge on any atom is 0.337 e. The van der Waals surface area contributed by atoms with Crippen LogP contribution in [-0.2, 0) is 0 Å². The van der Waals surface area contributed by atoms with Gasteiger partial charge in [0.25, 0.3) is 0 Å². The van der Waals surface area contributed by atoms with Crippen molar-refractivity contribution in [3.05, 3.63) is 47.0 Å². The summed E-state index contributed by atoms with van der Waals surface area (Å²) in [4.78, 5) is 11.2. The summed E-state index contributed by atoms with van der Waals surface area (Å²) in [5.74, 6) is -1.20. The topological polar surface area (TPSA) is 84.9 Å². The molecule has 4 heteroatoms. The van der Waals surface area contributed by atoms with Crippen LogP contribution in [0.25, 0.3) is 10.8 Å². The standard InChI is InChI=1S/C13H6N2O2/c14-6-9-5-8-3-1-2-4-10(8)12(13(16)17)11(9)7-15/h1-5H,(H,16,17). The van der Waals surface area contributed by atoms with E-state index in [1.807, 2.05) is 6.07 Å². The van der Waals surface area contributed by atoms with Gasteiger partial charge in [0.1, 0.15) is 12.1 Å². The Morgan fingerprint density at radius 3 is 2.47 bits per heavy atom. The van der Waals surface area contributed by atoms with Crippen LogP contribution in [0.15, 0.2) is 30.3 Å². The predicted molar refractivity (Wildman–Crippen MR) is 60.3 cm³/mol. The van der Waals surface area contributed by atoms with Crippen molar-refractivity contribution in [3.63, 3.8) is 0 Å². The first-order valence-corrected chi connectivity index (χ1v) is 4.78. The minimum absolute atomic E-state index is 0.0845. The lowest BCUT2D eigenvalue weighted by Crippen LogP contribution is -2.03. The molecule has 0 spiro atoms. The third-order valence-corrected chi connectivity index (χ3v) is 2.50. The third kappa shape index (κ3) is 1.58. The van der Waals surface area contributed by atoms with Gasteiger partial charge in [-0.3, -0.25) is 0 Å². The molecule has 80 valence electrons. The van der Waals surface area contributed by atoms with Gasteiger partial charge in [0, 0.05) is 0 Å². The number of nitriles is 2. The van der Waals surface area contributed by atoms with Gasteiger partial charge in [-0.25, -0.2) is 4.79 Å².